The molecule has 0 radical (unpaired) electrons. The zero-order valence-electron chi connectivity index (χ0n) is 1.21. The van der Waals surface area contributed by atoms with Crippen molar-refractivity contribution in [2.24, 2.45) is 0 Å². The van der Waals surface area contributed by atoms with Gasteiger partial charge >= 0.3 is 0 Å². The van der Waals surface area contributed by atoms with E-state index in [1.54, 1.807) is 0 Å². The van der Waals surface area contributed by atoms with Crippen LogP contribution in [0.5, 0.6) is 0 Å². The zero-order valence-corrected chi connectivity index (χ0v) is 1.21. The van der Waals surface area contributed by atoms with Gasteiger partial charge in [-0.3, -0.25) is 0 Å². The molecule has 0 heterocycles. The van der Waals surface area contributed by atoms with Crippen LogP contribution in [0.1, 0.15) is 7.43 Å². The van der Waals surface area contributed by atoms with Gasteiger partial charge in [0.2, 0.25) is 0 Å². The molecule has 4 heteroatoms. The topological polar surface area (TPSA) is 66.5 Å². The molecular formula is CH16AlNOSi. The quantitative estimate of drug-likeness (QED) is 0.342. The van der Waals surface area contributed by atoms with Crippen LogP contribution in [0, 0.1) is 0 Å². The first-order valence-corrected chi connectivity index (χ1v) is 0. The Hall–Kier alpha value is 0.669. The summed E-state index contributed by atoms with van der Waals surface area (Å²) >= 11 is 0. The summed E-state index contributed by atoms with van der Waals surface area (Å²) in [5.41, 5.74) is 0. The molecule has 5 N–H and O–H groups in total. The molecule has 0 bridgehead atoms. The van der Waals surface area contributed by atoms with Gasteiger partial charge in [0.05, 0.1) is 0 Å². The fourth-order valence-electron chi connectivity index (χ4n) is 0. The molecule has 0 atom stereocenters. The van der Waals surface area contributed by atoms with Crippen molar-refractivity contribution in [2.75, 3.05) is 0 Å². The highest BCUT2D eigenvalue weighted by molar-refractivity contribution is 5.76. The molecule has 0 unspecified atom stereocenters. The van der Waals surface area contributed by atoms with Gasteiger partial charge in [-0.05, 0) is 11.0 Å². The van der Waals surface area contributed by atoms with E-state index in [9.17, 15) is 0 Å². The van der Waals surface area contributed by atoms with E-state index < -0.39 is 0 Å². The first-order chi connectivity index (χ1) is 0. The summed E-state index contributed by atoms with van der Waals surface area (Å²) in [6.07, 6.45) is 0. The summed E-state index contributed by atoms with van der Waals surface area (Å²) in [6.45, 7) is 0. The Morgan fingerprint density at radius 3 is 1.00 bits per heavy atom. The van der Waals surface area contributed by atoms with Gasteiger partial charge in [-0.25, -0.2) is 0 Å². The van der Waals surface area contributed by atoms with Gasteiger partial charge in [-0.15, -0.1) is 0 Å². The SMILES string of the molecule is C.N.O.[AlH3].[SiH4]. The average Bonchev–Trinajstić information content (AvgIpc) is 0. The third kappa shape index (κ3) is 74.3. The molecule has 0 saturated heterocycles. The van der Waals surface area contributed by atoms with Crippen molar-refractivity contribution in [2.45, 2.75) is 7.43 Å². The number of hydrogen-bond donors (Lipinski definition) is 1. The van der Waals surface area contributed by atoms with Crippen LogP contribution < -0.4 is 6.15 Å². The maximum absolute atomic E-state index is 0. The lowest BCUT2D eigenvalue weighted by atomic mass is 12.0. The van der Waals surface area contributed by atoms with Gasteiger partial charge < -0.3 is 11.6 Å². The van der Waals surface area contributed by atoms with Crippen molar-refractivity contribution in [1.82, 2.24) is 6.15 Å². The molecule has 0 amide bonds. The highest BCUT2D eigenvalue weighted by Crippen LogP contribution is 0.144. The van der Waals surface area contributed by atoms with Gasteiger partial charge in [-0.2, -0.15) is 0 Å². The van der Waals surface area contributed by atoms with Crippen LogP contribution in [0.4, 0.5) is 0 Å². The van der Waals surface area contributed by atoms with Crippen molar-refractivity contribution >= 4 is 28.3 Å². The highest BCUT2D eigenvalue weighted by atomic mass is 28.1. The third-order valence-electron chi connectivity index (χ3n) is 0. The van der Waals surface area contributed by atoms with E-state index in [1.165, 1.54) is 0 Å². The Balaban J connectivity index is 0. The smallest absolute Gasteiger partial charge is 0.187 e. The molecular weight excluding hydrogens is 97.1 g/mol. The van der Waals surface area contributed by atoms with Crippen LogP contribution in [-0.4, -0.2) is 33.8 Å². The predicted octanol–water partition coefficient (Wildman–Crippen LogP) is -2.66. The standard InChI is InChI=1S/CH4.Al.H3N.H2O.H4Si.3H/h1H4;;1H3;1H2;1H4;;;. The minimum atomic E-state index is 0. The average molecular weight is 113 g/mol. The molecule has 0 saturated carbocycles. The lowest BCUT2D eigenvalue weighted by Crippen LogP contribution is -0.481. The van der Waals surface area contributed by atoms with E-state index in [2.05, 4.69) is 0 Å². The zero-order chi connectivity index (χ0) is 0. The van der Waals surface area contributed by atoms with Crippen molar-refractivity contribution in [1.29, 1.82) is 0 Å². The van der Waals surface area contributed by atoms with Crippen molar-refractivity contribution in [3.05, 3.63) is 0 Å². The maximum Gasteiger partial charge on any atom is 0.187 e. The summed E-state index contributed by atoms with van der Waals surface area (Å²) < 4.78 is 0. The molecule has 0 fully saturated rings. The Labute approximate surface area is 48.0 Å². The minimum absolute atomic E-state index is 0. The Bertz CT molecular complexity index is 11.6. The molecule has 0 aromatic carbocycles. The number of rotatable bonds is 0. The fraction of sp³-hybridized carbons (Fsp3) is 1.00. The maximum atomic E-state index is 0. The van der Waals surface area contributed by atoms with Crippen LogP contribution in [0.2, 0.25) is 0 Å². The Morgan fingerprint density at radius 2 is 1.00 bits per heavy atom. The molecule has 0 rings (SSSR count). The van der Waals surface area contributed by atoms with Crippen molar-refractivity contribution in [3.63, 3.8) is 0 Å². The van der Waals surface area contributed by atoms with Crippen LogP contribution >= 0.6 is 0 Å². The Kier molecular flexibility index (Phi) is 7740. The van der Waals surface area contributed by atoms with E-state index in [0.29, 0.717) is 0 Å². The normalized spacial score (nSPS) is 0. The molecule has 0 spiro atoms. The first kappa shape index (κ1) is 276. The Morgan fingerprint density at radius 1 is 1.00 bits per heavy atom. The van der Waals surface area contributed by atoms with Crippen LogP contribution in [0.3, 0.4) is 0 Å². The summed E-state index contributed by atoms with van der Waals surface area (Å²) in [7, 11) is 0. The lowest BCUT2D eigenvalue weighted by molar-refractivity contribution is 0.824. The summed E-state index contributed by atoms with van der Waals surface area (Å²) in [5.74, 6) is 0. The molecule has 2 nitrogen and oxygen atoms in total. The number of hydrogen-bond acceptors (Lipinski definition) is 1. The van der Waals surface area contributed by atoms with Gasteiger partial charge in [0, 0.05) is 0 Å². The van der Waals surface area contributed by atoms with Gasteiger partial charge in [0.25, 0.3) is 0 Å². The van der Waals surface area contributed by atoms with E-state index in [-0.39, 0.29) is 47.4 Å². The van der Waals surface area contributed by atoms with E-state index in [1.807, 2.05) is 0 Å². The first-order valence-electron chi connectivity index (χ1n) is 0. The second-order valence-electron chi connectivity index (χ2n) is 0. The largest absolute Gasteiger partial charge is 0.412 e. The van der Waals surface area contributed by atoms with Crippen LogP contribution in [0.25, 0.3) is 0 Å². The summed E-state index contributed by atoms with van der Waals surface area (Å²) in [5, 5.41) is 0. The predicted molar refractivity (Wildman–Crippen MR) is 36.6 cm³/mol. The second-order valence-corrected chi connectivity index (χ2v) is 0. The van der Waals surface area contributed by atoms with E-state index >= 15 is 0 Å². The lowest BCUT2D eigenvalue weighted by Gasteiger charge is -0.412. The molecule has 0 aliphatic heterocycles. The van der Waals surface area contributed by atoms with Gasteiger partial charge in [-0.1, -0.05) is 7.43 Å². The minimum Gasteiger partial charge on any atom is -0.412 e. The third-order valence-corrected chi connectivity index (χ3v) is 0. The highest BCUT2D eigenvalue weighted by Gasteiger charge is 0.187. The molecule has 0 aromatic rings. The molecule has 0 aliphatic carbocycles. The molecule has 38 valence electrons. The van der Waals surface area contributed by atoms with E-state index in [0.717, 1.165) is 0 Å². The van der Waals surface area contributed by atoms with Crippen molar-refractivity contribution in [3.8, 4) is 0 Å². The molecule has 0 aromatic heterocycles. The van der Waals surface area contributed by atoms with Gasteiger partial charge in [0.1, 0.15) is 0 Å². The molecule has 0 aliphatic rings. The van der Waals surface area contributed by atoms with Crippen molar-refractivity contribution < 1.29 is 5.48 Å². The monoisotopic (exact) mass is 113 g/mol. The molecule has 5 heavy (non-hydrogen) atoms. The summed E-state index contributed by atoms with van der Waals surface area (Å²) in [6, 6.07) is 0. The van der Waals surface area contributed by atoms with Crippen LogP contribution in [-0.2, 0) is 0 Å². The van der Waals surface area contributed by atoms with E-state index in [4.69, 9.17) is 0 Å². The summed E-state index contributed by atoms with van der Waals surface area (Å²) in [4.78, 5) is 0. The van der Waals surface area contributed by atoms with Crippen LogP contribution in [0.15, 0.2) is 0 Å². The second kappa shape index (κ2) is 140. The fourth-order valence-corrected chi connectivity index (χ4v) is 0. The van der Waals surface area contributed by atoms with Gasteiger partial charge in [0.15, 0.2) is 17.4 Å².